The van der Waals surface area contributed by atoms with Crippen LogP contribution in [-0.4, -0.2) is 9.55 Å². The first-order valence-corrected chi connectivity index (χ1v) is 6.88. The van der Waals surface area contributed by atoms with E-state index in [1.54, 1.807) is 0 Å². The van der Waals surface area contributed by atoms with Gasteiger partial charge in [-0.05, 0) is 42.5 Å². The van der Waals surface area contributed by atoms with Crippen LogP contribution in [0.1, 0.15) is 18.1 Å². The van der Waals surface area contributed by atoms with Gasteiger partial charge in [-0.25, -0.2) is 0 Å². The summed E-state index contributed by atoms with van der Waals surface area (Å²) in [6, 6.07) is 10.4. The Balaban J connectivity index is 2.26. The zero-order valence-corrected chi connectivity index (χ0v) is 12.0. The molecule has 0 fully saturated rings. The number of benzene rings is 1. The Hall–Kier alpha value is -2.29. The number of nitrogens with one attached hydrogen (secondary N) is 1. The molecule has 1 aromatic carbocycles. The van der Waals surface area contributed by atoms with Crippen molar-refractivity contribution in [3.63, 3.8) is 0 Å². The molecule has 0 unspecified atom stereocenters. The van der Waals surface area contributed by atoms with E-state index in [-0.39, 0.29) is 5.56 Å². The van der Waals surface area contributed by atoms with Crippen LogP contribution in [0.25, 0.3) is 22.2 Å². The largest absolute Gasteiger partial charge is 0.351 e. The molecule has 0 atom stereocenters. The van der Waals surface area contributed by atoms with Crippen molar-refractivity contribution in [2.45, 2.75) is 20.3 Å². The van der Waals surface area contributed by atoms with Crippen LogP contribution in [0.2, 0.25) is 0 Å². The maximum absolute atomic E-state index is 11.9. The molecule has 0 bridgehead atoms. The molecule has 0 spiro atoms. The summed E-state index contributed by atoms with van der Waals surface area (Å²) >= 11 is 0. The fourth-order valence-electron chi connectivity index (χ4n) is 2.65. The summed E-state index contributed by atoms with van der Waals surface area (Å²) in [6.07, 6.45) is 2.95. The topological polar surface area (TPSA) is 37.8 Å². The van der Waals surface area contributed by atoms with Gasteiger partial charge < -0.3 is 9.55 Å². The molecule has 3 aromatic rings. The van der Waals surface area contributed by atoms with Crippen LogP contribution in [0.3, 0.4) is 0 Å². The van der Waals surface area contributed by atoms with Gasteiger partial charge in [0.05, 0.1) is 5.69 Å². The Bertz CT molecular complexity index is 840. The highest BCUT2D eigenvalue weighted by atomic mass is 16.1. The minimum absolute atomic E-state index is 0.0100. The SMILES string of the molecule is CCc1cc(C)c(=O)[nH]c1-c1ccc2ccn(C)c2c1. The molecule has 3 rings (SSSR count). The molecular weight excluding hydrogens is 248 g/mol. The molecule has 3 heteroatoms. The Morgan fingerprint density at radius 1 is 1.20 bits per heavy atom. The number of nitrogens with zero attached hydrogens (tertiary/aromatic N) is 1. The van der Waals surface area contributed by atoms with E-state index < -0.39 is 0 Å². The number of rotatable bonds is 2. The summed E-state index contributed by atoms with van der Waals surface area (Å²) < 4.78 is 2.09. The van der Waals surface area contributed by atoms with Gasteiger partial charge in [0.2, 0.25) is 0 Å². The first-order chi connectivity index (χ1) is 9.60. The Morgan fingerprint density at radius 3 is 2.75 bits per heavy atom. The highest BCUT2D eigenvalue weighted by Gasteiger charge is 2.09. The second-order valence-electron chi connectivity index (χ2n) is 5.24. The molecule has 3 nitrogen and oxygen atoms in total. The lowest BCUT2D eigenvalue weighted by atomic mass is 10.0. The van der Waals surface area contributed by atoms with Gasteiger partial charge in [0.15, 0.2) is 0 Å². The summed E-state index contributed by atoms with van der Waals surface area (Å²) in [5.74, 6) is 0. The van der Waals surface area contributed by atoms with Crippen molar-refractivity contribution in [2.75, 3.05) is 0 Å². The van der Waals surface area contributed by atoms with Crippen molar-refractivity contribution in [3.8, 4) is 11.3 Å². The van der Waals surface area contributed by atoms with Crippen molar-refractivity contribution < 1.29 is 0 Å². The molecule has 2 heterocycles. The number of H-pyrrole nitrogens is 1. The molecule has 2 aromatic heterocycles. The second kappa shape index (κ2) is 4.67. The quantitative estimate of drug-likeness (QED) is 0.758. The highest BCUT2D eigenvalue weighted by Crippen LogP contribution is 2.26. The van der Waals surface area contributed by atoms with E-state index in [1.807, 2.05) is 26.2 Å². The number of aromatic nitrogens is 2. The lowest BCUT2D eigenvalue weighted by Gasteiger charge is -2.10. The number of pyridine rings is 1. The average Bonchev–Trinajstić information content (AvgIpc) is 2.82. The average molecular weight is 266 g/mol. The van der Waals surface area contributed by atoms with E-state index in [0.717, 1.165) is 23.2 Å². The van der Waals surface area contributed by atoms with Gasteiger partial charge in [0, 0.05) is 29.9 Å². The molecule has 0 aliphatic carbocycles. The van der Waals surface area contributed by atoms with Gasteiger partial charge in [-0.3, -0.25) is 4.79 Å². The van der Waals surface area contributed by atoms with Crippen molar-refractivity contribution >= 4 is 10.9 Å². The van der Waals surface area contributed by atoms with Crippen LogP contribution in [0.4, 0.5) is 0 Å². The maximum atomic E-state index is 11.9. The third-order valence-electron chi connectivity index (χ3n) is 3.87. The van der Waals surface area contributed by atoms with E-state index in [4.69, 9.17) is 0 Å². The van der Waals surface area contributed by atoms with Gasteiger partial charge in [0.25, 0.3) is 5.56 Å². The number of fused-ring (bicyclic) bond motifs is 1. The van der Waals surface area contributed by atoms with E-state index in [2.05, 4.69) is 40.7 Å². The number of hydrogen-bond acceptors (Lipinski definition) is 1. The first kappa shape index (κ1) is 12.7. The zero-order chi connectivity index (χ0) is 14.3. The first-order valence-electron chi connectivity index (χ1n) is 6.88. The minimum atomic E-state index is -0.0100. The van der Waals surface area contributed by atoms with Crippen molar-refractivity contribution in [3.05, 3.63) is 58.0 Å². The number of hydrogen-bond donors (Lipinski definition) is 1. The molecule has 0 saturated heterocycles. The van der Waals surface area contributed by atoms with Crippen LogP contribution < -0.4 is 5.56 Å². The standard InChI is InChI=1S/C17H18N2O/c1-4-12-9-11(2)17(20)18-16(12)14-6-5-13-7-8-19(3)15(13)10-14/h5-10H,4H2,1-3H3,(H,18,20). The molecule has 20 heavy (non-hydrogen) atoms. The van der Waals surface area contributed by atoms with Crippen LogP contribution in [0, 0.1) is 6.92 Å². The molecule has 0 aliphatic heterocycles. The minimum Gasteiger partial charge on any atom is -0.351 e. The number of aromatic amines is 1. The van der Waals surface area contributed by atoms with Crippen LogP contribution >= 0.6 is 0 Å². The fraction of sp³-hybridized carbons (Fsp3) is 0.235. The van der Waals surface area contributed by atoms with Crippen molar-refractivity contribution in [2.24, 2.45) is 7.05 Å². The molecule has 1 N–H and O–H groups in total. The molecule has 0 saturated carbocycles. The van der Waals surface area contributed by atoms with Crippen molar-refractivity contribution in [1.82, 2.24) is 9.55 Å². The number of aryl methyl sites for hydroxylation is 3. The van der Waals surface area contributed by atoms with E-state index >= 15 is 0 Å². The molecule has 102 valence electrons. The lowest BCUT2D eigenvalue weighted by molar-refractivity contribution is 0.969. The normalized spacial score (nSPS) is 11.2. The zero-order valence-electron chi connectivity index (χ0n) is 12.0. The maximum Gasteiger partial charge on any atom is 0.251 e. The van der Waals surface area contributed by atoms with Gasteiger partial charge in [0.1, 0.15) is 0 Å². The Morgan fingerprint density at radius 2 is 2.00 bits per heavy atom. The Kier molecular flexibility index (Phi) is 2.97. The summed E-state index contributed by atoms with van der Waals surface area (Å²) in [5, 5.41) is 1.21. The molecule has 0 amide bonds. The van der Waals surface area contributed by atoms with Gasteiger partial charge in [-0.2, -0.15) is 0 Å². The molecule has 0 radical (unpaired) electrons. The molecular formula is C17H18N2O. The summed E-state index contributed by atoms with van der Waals surface area (Å²) in [4.78, 5) is 14.9. The van der Waals surface area contributed by atoms with Gasteiger partial charge in [-0.1, -0.05) is 19.1 Å². The van der Waals surface area contributed by atoms with E-state index in [1.165, 1.54) is 16.5 Å². The Labute approximate surface area is 117 Å². The predicted molar refractivity (Wildman–Crippen MR) is 83.1 cm³/mol. The summed E-state index contributed by atoms with van der Waals surface area (Å²) in [7, 11) is 2.03. The predicted octanol–water partition coefficient (Wildman–Crippen LogP) is 3.40. The fourth-order valence-corrected chi connectivity index (χ4v) is 2.65. The van der Waals surface area contributed by atoms with Crippen LogP contribution in [-0.2, 0) is 13.5 Å². The van der Waals surface area contributed by atoms with E-state index in [9.17, 15) is 4.79 Å². The summed E-state index contributed by atoms with van der Waals surface area (Å²) in [6.45, 7) is 3.96. The molecule has 0 aliphatic rings. The third kappa shape index (κ3) is 1.95. The van der Waals surface area contributed by atoms with E-state index in [0.29, 0.717) is 0 Å². The lowest BCUT2D eigenvalue weighted by Crippen LogP contribution is -2.12. The third-order valence-corrected chi connectivity index (χ3v) is 3.87. The van der Waals surface area contributed by atoms with Crippen LogP contribution in [0.5, 0.6) is 0 Å². The highest BCUT2D eigenvalue weighted by molar-refractivity contribution is 5.85. The van der Waals surface area contributed by atoms with Crippen LogP contribution in [0.15, 0.2) is 41.3 Å². The monoisotopic (exact) mass is 266 g/mol. The second-order valence-corrected chi connectivity index (χ2v) is 5.24. The van der Waals surface area contributed by atoms with Gasteiger partial charge in [-0.15, -0.1) is 0 Å². The summed E-state index contributed by atoms with van der Waals surface area (Å²) in [5.41, 5.74) is 5.11. The smallest absolute Gasteiger partial charge is 0.251 e. The van der Waals surface area contributed by atoms with Gasteiger partial charge >= 0.3 is 0 Å². The van der Waals surface area contributed by atoms with Crippen molar-refractivity contribution in [1.29, 1.82) is 0 Å².